The average Bonchev–Trinajstić information content (AvgIpc) is 2.36. The molecule has 0 bridgehead atoms. The van der Waals surface area contributed by atoms with Crippen LogP contribution in [0.4, 0.5) is 5.69 Å². The summed E-state index contributed by atoms with van der Waals surface area (Å²) in [6.07, 6.45) is 1.20. The summed E-state index contributed by atoms with van der Waals surface area (Å²) in [7, 11) is 1.27. The summed E-state index contributed by atoms with van der Waals surface area (Å²) >= 11 is 0. The van der Waals surface area contributed by atoms with Crippen LogP contribution in [0.3, 0.4) is 0 Å². The highest BCUT2D eigenvalue weighted by Gasteiger charge is 2.01. The van der Waals surface area contributed by atoms with Crippen molar-refractivity contribution < 1.29 is 19.4 Å². The molecule has 6 nitrogen and oxygen atoms in total. The molecule has 0 saturated heterocycles. The molecular weight excluding hydrogens is 236 g/mol. The molecule has 0 aliphatic heterocycles. The van der Waals surface area contributed by atoms with Gasteiger partial charge in [0.25, 0.3) is 0 Å². The van der Waals surface area contributed by atoms with Crippen LogP contribution in [-0.4, -0.2) is 24.2 Å². The molecule has 0 unspecified atom stereocenters. The van der Waals surface area contributed by atoms with Crippen molar-refractivity contribution in [3.8, 4) is 0 Å². The highest BCUT2D eigenvalue weighted by atomic mass is 16.5. The Morgan fingerprint density at radius 2 is 1.89 bits per heavy atom. The summed E-state index contributed by atoms with van der Waals surface area (Å²) in [5.41, 5.74) is 1.07. The molecule has 6 heteroatoms. The number of rotatable bonds is 4. The van der Waals surface area contributed by atoms with E-state index in [1.54, 1.807) is 6.92 Å². The highest BCUT2D eigenvalue weighted by Crippen LogP contribution is 2.14. The third-order valence-corrected chi connectivity index (χ3v) is 1.97. The van der Waals surface area contributed by atoms with Gasteiger partial charge >= 0.3 is 11.9 Å². The predicted molar refractivity (Wildman–Crippen MR) is 63.7 cm³/mol. The van der Waals surface area contributed by atoms with Crippen LogP contribution < -0.4 is 0 Å². The minimum Gasteiger partial charge on any atom is -0.478 e. The molecule has 18 heavy (non-hydrogen) atoms. The van der Waals surface area contributed by atoms with Gasteiger partial charge < -0.3 is 9.84 Å². The van der Waals surface area contributed by atoms with Crippen molar-refractivity contribution in [1.82, 2.24) is 0 Å². The monoisotopic (exact) mass is 248 g/mol. The number of esters is 1. The van der Waals surface area contributed by atoms with Crippen LogP contribution in [0.1, 0.15) is 17.3 Å². The molecule has 0 spiro atoms. The SMILES string of the molecule is COC(=O)/C=C(\C)N=Nc1ccc(C(=O)O)cc1. The first-order valence-corrected chi connectivity index (χ1v) is 5.04. The molecule has 1 aromatic carbocycles. The molecule has 0 amide bonds. The number of ether oxygens (including phenoxy) is 1. The predicted octanol–water partition coefficient (Wildman–Crippen LogP) is 2.55. The number of nitrogens with zero attached hydrogens (tertiary/aromatic N) is 2. The van der Waals surface area contributed by atoms with Crippen LogP contribution in [0.2, 0.25) is 0 Å². The zero-order chi connectivity index (χ0) is 13.5. The van der Waals surface area contributed by atoms with Crippen LogP contribution in [0.25, 0.3) is 0 Å². The topological polar surface area (TPSA) is 88.3 Å². The summed E-state index contributed by atoms with van der Waals surface area (Å²) in [4.78, 5) is 21.5. The third kappa shape index (κ3) is 4.17. The van der Waals surface area contributed by atoms with Crippen LogP contribution in [0.15, 0.2) is 46.3 Å². The van der Waals surface area contributed by atoms with Gasteiger partial charge in [-0.15, -0.1) is 0 Å². The Bertz CT molecular complexity index is 503. The summed E-state index contributed by atoms with van der Waals surface area (Å²) in [5.74, 6) is -1.51. The van der Waals surface area contributed by atoms with Crippen molar-refractivity contribution in [1.29, 1.82) is 0 Å². The van der Waals surface area contributed by atoms with Gasteiger partial charge in [-0.05, 0) is 31.2 Å². The van der Waals surface area contributed by atoms with Gasteiger partial charge in [-0.3, -0.25) is 0 Å². The lowest BCUT2D eigenvalue weighted by molar-refractivity contribution is -0.134. The highest BCUT2D eigenvalue weighted by molar-refractivity contribution is 5.87. The number of benzene rings is 1. The second-order valence-electron chi connectivity index (χ2n) is 3.36. The lowest BCUT2D eigenvalue weighted by Crippen LogP contribution is -1.94. The minimum atomic E-state index is -1.000. The molecule has 1 N–H and O–H groups in total. The van der Waals surface area contributed by atoms with E-state index in [4.69, 9.17) is 5.11 Å². The van der Waals surface area contributed by atoms with Gasteiger partial charge in [0.15, 0.2) is 0 Å². The normalized spacial score (nSPS) is 11.6. The van der Waals surface area contributed by atoms with Crippen LogP contribution >= 0.6 is 0 Å². The number of carbonyl (C=O) groups excluding carboxylic acids is 1. The largest absolute Gasteiger partial charge is 0.478 e. The summed E-state index contributed by atoms with van der Waals surface area (Å²) in [6, 6.07) is 5.91. The van der Waals surface area contributed by atoms with E-state index in [2.05, 4.69) is 15.0 Å². The first-order valence-electron chi connectivity index (χ1n) is 5.04. The van der Waals surface area contributed by atoms with E-state index in [1.165, 1.54) is 37.5 Å². The van der Waals surface area contributed by atoms with E-state index >= 15 is 0 Å². The number of carbonyl (C=O) groups is 2. The number of carboxylic acids is 1. The lowest BCUT2D eigenvalue weighted by Gasteiger charge is -1.95. The Morgan fingerprint density at radius 1 is 1.28 bits per heavy atom. The van der Waals surface area contributed by atoms with Crippen LogP contribution in [-0.2, 0) is 9.53 Å². The molecule has 0 fully saturated rings. The Kier molecular flexibility index (Phi) is 4.74. The van der Waals surface area contributed by atoms with E-state index in [0.717, 1.165) is 0 Å². The fourth-order valence-electron chi connectivity index (χ4n) is 1.07. The number of hydrogen-bond donors (Lipinski definition) is 1. The van der Waals surface area contributed by atoms with E-state index in [9.17, 15) is 9.59 Å². The standard InChI is InChI=1S/C12H12N2O4/c1-8(7-11(15)18-2)13-14-10-5-3-9(4-6-10)12(16)17/h3-7H,1-2H3,(H,16,17)/b8-7+,14-13?. The second kappa shape index (κ2) is 6.29. The number of allylic oxidation sites excluding steroid dienone is 1. The van der Waals surface area contributed by atoms with E-state index in [0.29, 0.717) is 11.4 Å². The van der Waals surface area contributed by atoms with Crippen molar-refractivity contribution in [3.63, 3.8) is 0 Å². The quantitative estimate of drug-likeness (QED) is 0.503. The summed E-state index contributed by atoms with van der Waals surface area (Å²) < 4.78 is 4.43. The minimum absolute atomic E-state index is 0.177. The number of methoxy groups -OCH3 is 1. The molecule has 1 aromatic rings. The van der Waals surface area contributed by atoms with Crippen molar-refractivity contribution in [2.45, 2.75) is 6.92 Å². The lowest BCUT2D eigenvalue weighted by atomic mass is 10.2. The van der Waals surface area contributed by atoms with E-state index in [1.807, 2.05) is 0 Å². The maximum absolute atomic E-state index is 10.9. The smallest absolute Gasteiger partial charge is 0.335 e. The summed E-state index contributed by atoms with van der Waals surface area (Å²) in [5, 5.41) is 16.4. The van der Waals surface area contributed by atoms with Crippen molar-refractivity contribution in [3.05, 3.63) is 41.6 Å². The molecule has 0 saturated carbocycles. The first kappa shape index (κ1) is 13.6. The average molecular weight is 248 g/mol. The molecular formula is C12H12N2O4. The zero-order valence-corrected chi connectivity index (χ0v) is 9.95. The van der Waals surface area contributed by atoms with Gasteiger partial charge in [-0.2, -0.15) is 10.2 Å². The molecule has 0 heterocycles. The van der Waals surface area contributed by atoms with Crippen molar-refractivity contribution >= 4 is 17.6 Å². The Balaban J connectivity index is 2.76. The molecule has 0 atom stereocenters. The number of aromatic carboxylic acids is 1. The van der Waals surface area contributed by atoms with Crippen LogP contribution in [0, 0.1) is 0 Å². The van der Waals surface area contributed by atoms with Gasteiger partial charge in [0.1, 0.15) is 0 Å². The van der Waals surface area contributed by atoms with Crippen LogP contribution in [0.5, 0.6) is 0 Å². The maximum Gasteiger partial charge on any atom is 0.335 e. The molecule has 0 aromatic heterocycles. The number of carboxylic acid groups (broad SMARTS) is 1. The third-order valence-electron chi connectivity index (χ3n) is 1.97. The van der Waals surface area contributed by atoms with Gasteiger partial charge in [0, 0.05) is 6.08 Å². The fraction of sp³-hybridized carbons (Fsp3) is 0.167. The van der Waals surface area contributed by atoms with Gasteiger partial charge in [-0.25, -0.2) is 9.59 Å². The Labute approximate surface area is 104 Å². The van der Waals surface area contributed by atoms with Crippen molar-refractivity contribution in [2.24, 2.45) is 10.2 Å². The van der Waals surface area contributed by atoms with E-state index < -0.39 is 11.9 Å². The Morgan fingerprint density at radius 3 is 2.39 bits per heavy atom. The number of azo groups is 1. The number of hydrogen-bond acceptors (Lipinski definition) is 5. The fourth-order valence-corrected chi connectivity index (χ4v) is 1.07. The molecule has 0 radical (unpaired) electrons. The molecule has 1 rings (SSSR count). The second-order valence-corrected chi connectivity index (χ2v) is 3.36. The molecule has 0 aliphatic rings. The van der Waals surface area contributed by atoms with Gasteiger partial charge in [0.05, 0.1) is 24.1 Å². The van der Waals surface area contributed by atoms with Gasteiger partial charge in [-0.1, -0.05) is 0 Å². The van der Waals surface area contributed by atoms with E-state index in [-0.39, 0.29) is 5.56 Å². The first-order chi connectivity index (χ1) is 8.52. The molecule has 94 valence electrons. The van der Waals surface area contributed by atoms with Gasteiger partial charge in [0.2, 0.25) is 0 Å². The van der Waals surface area contributed by atoms with Crippen molar-refractivity contribution in [2.75, 3.05) is 7.11 Å². The summed E-state index contributed by atoms with van der Waals surface area (Å²) in [6.45, 7) is 1.60. The Hall–Kier alpha value is -2.50. The maximum atomic E-state index is 10.9. The zero-order valence-electron chi connectivity index (χ0n) is 9.95. The molecule has 0 aliphatic carbocycles.